The van der Waals surface area contributed by atoms with Crippen molar-refractivity contribution in [1.29, 1.82) is 0 Å². The van der Waals surface area contributed by atoms with Crippen LogP contribution in [-0.2, 0) is 4.79 Å². The van der Waals surface area contributed by atoms with Crippen molar-refractivity contribution < 1.29 is 15.0 Å². The van der Waals surface area contributed by atoms with Gasteiger partial charge in [-0.25, -0.2) is 0 Å². The van der Waals surface area contributed by atoms with Crippen LogP contribution in [0.25, 0.3) is 0 Å². The maximum Gasteiger partial charge on any atom is 0.304 e. The van der Waals surface area contributed by atoms with Gasteiger partial charge >= 0.3 is 5.97 Å². The SMILES string of the molecule is CCC(CC)C(O)CNCCC(=O)O. The molecule has 0 rings (SSSR count). The van der Waals surface area contributed by atoms with E-state index in [0.29, 0.717) is 19.0 Å². The summed E-state index contributed by atoms with van der Waals surface area (Å²) in [7, 11) is 0. The Morgan fingerprint density at radius 1 is 1.36 bits per heavy atom. The predicted octanol–water partition coefficient (Wildman–Crippen LogP) is 0.848. The summed E-state index contributed by atoms with van der Waals surface area (Å²) < 4.78 is 0. The van der Waals surface area contributed by atoms with Gasteiger partial charge < -0.3 is 15.5 Å². The zero-order valence-corrected chi connectivity index (χ0v) is 8.99. The summed E-state index contributed by atoms with van der Waals surface area (Å²) in [6.45, 7) is 5.01. The number of carboxylic acid groups (broad SMARTS) is 1. The molecule has 0 aromatic heterocycles. The topological polar surface area (TPSA) is 69.6 Å². The average molecular weight is 203 g/mol. The monoisotopic (exact) mass is 203 g/mol. The number of aliphatic carboxylic acids is 1. The summed E-state index contributed by atoms with van der Waals surface area (Å²) >= 11 is 0. The van der Waals surface area contributed by atoms with Crippen molar-refractivity contribution in [3.63, 3.8) is 0 Å². The van der Waals surface area contributed by atoms with E-state index in [1.165, 1.54) is 0 Å². The molecule has 0 heterocycles. The van der Waals surface area contributed by atoms with Crippen molar-refractivity contribution in [1.82, 2.24) is 5.32 Å². The standard InChI is InChI=1S/C10H21NO3/c1-3-8(4-2)9(12)7-11-6-5-10(13)14/h8-9,11-12H,3-7H2,1-2H3,(H,13,14). The van der Waals surface area contributed by atoms with E-state index in [9.17, 15) is 9.90 Å². The van der Waals surface area contributed by atoms with Crippen LogP contribution in [0, 0.1) is 5.92 Å². The Balaban J connectivity index is 3.51. The Morgan fingerprint density at radius 3 is 2.36 bits per heavy atom. The van der Waals surface area contributed by atoms with Gasteiger partial charge in [0, 0.05) is 13.1 Å². The van der Waals surface area contributed by atoms with Crippen LogP contribution in [0.2, 0.25) is 0 Å². The molecular weight excluding hydrogens is 182 g/mol. The molecule has 0 aliphatic rings. The molecule has 0 fully saturated rings. The van der Waals surface area contributed by atoms with Crippen LogP contribution < -0.4 is 5.32 Å². The molecule has 4 heteroatoms. The summed E-state index contributed by atoms with van der Waals surface area (Å²) in [6, 6.07) is 0. The largest absolute Gasteiger partial charge is 0.481 e. The highest BCUT2D eigenvalue weighted by Gasteiger charge is 2.14. The third-order valence-electron chi connectivity index (χ3n) is 2.46. The highest BCUT2D eigenvalue weighted by Crippen LogP contribution is 2.11. The van der Waals surface area contributed by atoms with Crippen molar-refractivity contribution in [3.05, 3.63) is 0 Å². The van der Waals surface area contributed by atoms with Gasteiger partial charge in [-0.1, -0.05) is 26.7 Å². The molecule has 0 saturated carbocycles. The molecule has 0 aromatic rings. The highest BCUT2D eigenvalue weighted by molar-refractivity contribution is 5.66. The van der Waals surface area contributed by atoms with Crippen molar-refractivity contribution in [2.24, 2.45) is 5.92 Å². The Labute approximate surface area is 85.3 Å². The molecule has 0 spiro atoms. The van der Waals surface area contributed by atoms with Gasteiger partial charge in [0.1, 0.15) is 0 Å². The Morgan fingerprint density at radius 2 is 1.93 bits per heavy atom. The highest BCUT2D eigenvalue weighted by atomic mass is 16.4. The molecule has 0 aromatic carbocycles. The first kappa shape index (κ1) is 13.4. The Hall–Kier alpha value is -0.610. The van der Waals surface area contributed by atoms with Gasteiger partial charge in [0.05, 0.1) is 12.5 Å². The van der Waals surface area contributed by atoms with Crippen LogP contribution in [0.15, 0.2) is 0 Å². The molecule has 4 nitrogen and oxygen atoms in total. The third-order valence-corrected chi connectivity index (χ3v) is 2.46. The van der Waals surface area contributed by atoms with E-state index in [2.05, 4.69) is 19.2 Å². The van der Waals surface area contributed by atoms with Gasteiger partial charge in [-0.2, -0.15) is 0 Å². The molecule has 14 heavy (non-hydrogen) atoms. The molecule has 84 valence electrons. The number of aliphatic hydroxyl groups is 1. The lowest BCUT2D eigenvalue weighted by molar-refractivity contribution is -0.136. The second-order valence-corrected chi connectivity index (χ2v) is 3.49. The number of carbonyl (C=O) groups is 1. The van der Waals surface area contributed by atoms with E-state index in [0.717, 1.165) is 12.8 Å². The van der Waals surface area contributed by atoms with Crippen LogP contribution in [0.1, 0.15) is 33.1 Å². The summed E-state index contributed by atoms with van der Waals surface area (Å²) in [5, 5.41) is 21.0. The second kappa shape index (κ2) is 7.76. The minimum Gasteiger partial charge on any atom is -0.481 e. The molecule has 3 N–H and O–H groups in total. The Bertz CT molecular complexity index is 157. The van der Waals surface area contributed by atoms with Crippen LogP contribution in [0.4, 0.5) is 0 Å². The van der Waals surface area contributed by atoms with Gasteiger partial charge in [-0.15, -0.1) is 0 Å². The zero-order valence-electron chi connectivity index (χ0n) is 8.99. The van der Waals surface area contributed by atoms with Gasteiger partial charge in [0.2, 0.25) is 0 Å². The van der Waals surface area contributed by atoms with Crippen molar-refractivity contribution >= 4 is 5.97 Å². The summed E-state index contributed by atoms with van der Waals surface area (Å²) in [5.41, 5.74) is 0. The number of nitrogens with one attached hydrogen (secondary N) is 1. The fourth-order valence-corrected chi connectivity index (χ4v) is 1.44. The Kier molecular flexibility index (Phi) is 7.42. The molecule has 0 bridgehead atoms. The second-order valence-electron chi connectivity index (χ2n) is 3.49. The minimum absolute atomic E-state index is 0.107. The van der Waals surface area contributed by atoms with Gasteiger partial charge in [-0.3, -0.25) is 4.79 Å². The molecule has 0 aliphatic carbocycles. The maximum absolute atomic E-state index is 10.2. The smallest absolute Gasteiger partial charge is 0.304 e. The van der Waals surface area contributed by atoms with E-state index in [4.69, 9.17) is 5.11 Å². The van der Waals surface area contributed by atoms with E-state index in [1.54, 1.807) is 0 Å². The van der Waals surface area contributed by atoms with Crippen molar-refractivity contribution in [2.45, 2.75) is 39.2 Å². The fraction of sp³-hybridized carbons (Fsp3) is 0.900. The molecule has 0 saturated heterocycles. The van der Waals surface area contributed by atoms with E-state index in [1.807, 2.05) is 0 Å². The predicted molar refractivity (Wildman–Crippen MR) is 55.2 cm³/mol. The van der Waals surface area contributed by atoms with Gasteiger partial charge in [-0.05, 0) is 5.92 Å². The molecular formula is C10H21NO3. The molecule has 1 atom stereocenters. The number of hydrogen-bond donors (Lipinski definition) is 3. The molecule has 0 radical (unpaired) electrons. The van der Waals surface area contributed by atoms with Crippen LogP contribution in [-0.4, -0.2) is 35.4 Å². The van der Waals surface area contributed by atoms with Gasteiger partial charge in [0.25, 0.3) is 0 Å². The zero-order chi connectivity index (χ0) is 11.0. The van der Waals surface area contributed by atoms with E-state index < -0.39 is 5.97 Å². The summed E-state index contributed by atoms with van der Waals surface area (Å²) in [5.74, 6) is -0.498. The minimum atomic E-state index is -0.811. The average Bonchev–Trinajstić information content (AvgIpc) is 2.14. The number of carboxylic acids is 1. The normalized spacial score (nSPS) is 13.1. The van der Waals surface area contributed by atoms with Crippen LogP contribution in [0.5, 0.6) is 0 Å². The van der Waals surface area contributed by atoms with Crippen LogP contribution >= 0.6 is 0 Å². The lowest BCUT2D eigenvalue weighted by atomic mass is 9.96. The van der Waals surface area contributed by atoms with E-state index >= 15 is 0 Å². The third kappa shape index (κ3) is 5.94. The van der Waals surface area contributed by atoms with Crippen LogP contribution in [0.3, 0.4) is 0 Å². The first-order valence-electron chi connectivity index (χ1n) is 5.22. The molecule has 0 aliphatic heterocycles. The fourth-order valence-electron chi connectivity index (χ4n) is 1.44. The van der Waals surface area contributed by atoms with Crippen molar-refractivity contribution in [3.8, 4) is 0 Å². The van der Waals surface area contributed by atoms with E-state index in [-0.39, 0.29) is 12.5 Å². The maximum atomic E-state index is 10.2. The van der Waals surface area contributed by atoms with Crippen molar-refractivity contribution in [2.75, 3.05) is 13.1 Å². The first-order chi connectivity index (χ1) is 6.61. The summed E-state index contributed by atoms with van der Waals surface area (Å²) in [4.78, 5) is 10.2. The lowest BCUT2D eigenvalue weighted by Crippen LogP contribution is -2.33. The number of aliphatic hydroxyl groups excluding tert-OH is 1. The molecule has 1 unspecified atom stereocenters. The summed E-state index contributed by atoms with van der Waals surface area (Å²) in [6.07, 6.45) is 1.66. The number of rotatable bonds is 8. The lowest BCUT2D eigenvalue weighted by Gasteiger charge is -2.20. The number of hydrogen-bond acceptors (Lipinski definition) is 3. The molecule has 0 amide bonds. The quantitative estimate of drug-likeness (QED) is 0.511. The first-order valence-corrected chi connectivity index (χ1v) is 5.22. The van der Waals surface area contributed by atoms with Gasteiger partial charge in [0.15, 0.2) is 0 Å².